The molecule has 1 saturated heterocycles. The molecule has 0 aromatic heterocycles. The summed E-state index contributed by atoms with van der Waals surface area (Å²) in [7, 11) is 1.30. The van der Waals surface area contributed by atoms with Gasteiger partial charge < -0.3 is 14.2 Å². The molecule has 0 radical (unpaired) electrons. The molecule has 1 amide bonds. The molecule has 0 atom stereocenters. The van der Waals surface area contributed by atoms with Crippen LogP contribution >= 0.6 is 46.6 Å². The van der Waals surface area contributed by atoms with E-state index in [0.29, 0.717) is 33.9 Å². The Morgan fingerprint density at radius 2 is 2.07 bits per heavy atom. The number of carbonyl (C=O) groups is 2. The maximum Gasteiger partial charge on any atom is 0.343 e. The molecular formula is C18H20INO5S2. The molecule has 146 valence electrons. The minimum absolute atomic E-state index is 0.0779. The van der Waals surface area contributed by atoms with E-state index < -0.39 is 5.97 Å². The second-order valence-electron chi connectivity index (χ2n) is 5.46. The molecule has 1 fully saturated rings. The Morgan fingerprint density at radius 1 is 1.33 bits per heavy atom. The van der Waals surface area contributed by atoms with E-state index in [1.54, 1.807) is 17.0 Å². The predicted octanol–water partition coefficient (Wildman–Crippen LogP) is 3.85. The van der Waals surface area contributed by atoms with E-state index in [-0.39, 0.29) is 12.5 Å². The Hall–Kier alpha value is -1.33. The summed E-state index contributed by atoms with van der Waals surface area (Å²) >= 11 is 8.70. The van der Waals surface area contributed by atoms with Crippen LogP contribution in [0.5, 0.6) is 11.5 Å². The summed E-state index contributed by atoms with van der Waals surface area (Å²) in [6.45, 7) is 4.71. The van der Waals surface area contributed by atoms with Crippen molar-refractivity contribution in [1.29, 1.82) is 0 Å². The molecule has 0 saturated carbocycles. The first-order valence-electron chi connectivity index (χ1n) is 8.32. The molecule has 2 rings (SSSR count). The van der Waals surface area contributed by atoms with Crippen molar-refractivity contribution >= 4 is 68.8 Å². The molecule has 0 spiro atoms. The summed E-state index contributed by atoms with van der Waals surface area (Å²) in [5.74, 6) is 0.421. The second-order valence-corrected chi connectivity index (χ2v) is 8.30. The second kappa shape index (κ2) is 10.3. The van der Waals surface area contributed by atoms with Crippen LogP contribution in [0.15, 0.2) is 17.0 Å². The highest BCUT2D eigenvalue weighted by Crippen LogP contribution is 2.37. The van der Waals surface area contributed by atoms with Gasteiger partial charge in [-0.05, 0) is 59.7 Å². The van der Waals surface area contributed by atoms with Gasteiger partial charge in [-0.25, -0.2) is 4.79 Å². The van der Waals surface area contributed by atoms with Gasteiger partial charge in [0.05, 0.1) is 22.2 Å². The minimum Gasteiger partial charge on any atom is -0.490 e. The number of esters is 1. The summed E-state index contributed by atoms with van der Waals surface area (Å²) in [5.41, 5.74) is 0.797. The van der Waals surface area contributed by atoms with Gasteiger partial charge in [-0.2, -0.15) is 0 Å². The van der Waals surface area contributed by atoms with Gasteiger partial charge in [-0.15, -0.1) is 0 Å². The number of thioether (sulfide) groups is 1. The van der Waals surface area contributed by atoms with E-state index in [4.69, 9.17) is 21.7 Å². The van der Waals surface area contributed by atoms with Crippen molar-refractivity contribution in [2.75, 3.05) is 26.9 Å². The number of amides is 1. The summed E-state index contributed by atoms with van der Waals surface area (Å²) in [5, 5.41) is 0. The highest BCUT2D eigenvalue weighted by molar-refractivity contribution is 14.1. The average Bonchev–Trinajstić information content (AvgIpc) is 2.89. The molecule has 1 aliphatic rings. The third kappa shape index (κ3) is 5.58. The van der Waals surface area contributed by atoms with E-state index in [9.17, 15) is 9.59 Å². The van der Waals surface area contributed by atoms with Crippen LogP contribution in [0.25, 0.3) is 6.08 Å². The maximum atomic E-state index is 12.5. The van der Waals surface area contributed by atoms with E-state index in [2.05, 4.69) is 27.3 Å². The molecule has 1 aromatic carbocycles. The lowest BCUT2D eigenvalue weighted by molar-refractivity contribution is -0.143. The highest BCUT2D eigenvalue weighted by atomic mass is 127. The van der Waals surface area contributed by atoms with Crippen molar-refractivity contribution in [3.05, 3.63) is 26.2 Å². The number of thiocarbonyl (C=S) groups is 1. The molecule has 1 aromatic rings. The molecule has 0 bridgehead atoms. The quantitative estimate of drug-likeness (QED) is 0.223. The molecular weight excluding hydrogens is 501 g/mol. The number of benzene rings is 1. The van der Waals surface area contributed by atoms with Crippen LogP contribution in [0.2, 0.25) is 0 Å². The van der Waals surface area contributed by atoms with Crippen molar-refractivity contribution in [3.8, 4) is 11.5 Å². The smallest absolute Gasteiger partial charge is 0.343 e. The standard InChI is InChI=1S/C18H20INO5S2/c1-4-6-20-17(22)14(27-18(20)26)9-11-7-12(19)16(13(8-11)24-5-2)25-10-15(21)23-3/h7-9H,4-6,10H2,1-3H3/b14-9-. The Morgan fingerprint density at radius 3 is 2.70 bits per heavy atom. The van der Waals surface area contributed by atoms with E-state index in [0.717, 1.165) is 15.6 Å². The van der Waals surface area contributed by atoms with Crippen LogP contribution in [0.3, 0.4) is 0 Å². The fourth-order valence-corrected chi connectivity index (χ4v) is 4.42. The van der Waals surface area contributed by atoms with Gasteiger partial charge in [0.15, 0.2) is 18.1 Å². The normalized spacial score (nSPS) is 15.4. The third-order valence-electron chi connectivity index (χ3n) is 3.51. The molecule has 0 unspecified atom stereocenters. The molecule has 9 heteroatoms. The molecule has 1 heterocycles. The summed E-state index contributed by atoms with van der Waals surface area (Å²) in [4.78, 5) is 26.1. The van der Waals surface area contributed by atoms with E-state index in [1.807, 2.05) is 19.9 Å². The zero-order valence-corrected chi connectivity index (χ0v) is 19.0. The molecule has 6 nitrogen and oxygen atoms in total. The predicted molar refractivity (Wildman–Crippen MR) is 118 cm³/mol. The number of halogens is 1. The SMILES string of the molecule is CCCN1C(=O)/C(=C/c2cc(I)c(OCC(=O)OC)c(OCC)c2)SC1=S. The van der Waals surface area contributed by atoms with Gasteiger partial charge in [-0.3, -0.25) is 9.69 Å². The number of carbonyl (C=O) groups excluding carboxylic acids is 2. The van der Waals surface area contributed by atoms with Crippen LogP contribution < -0.4 is 9.47 Å². The van der Waals surface area contributed by atoms with Gasteiger partial charge in [0.2, 0.25) is 0 Å². The fourth-order valence-electron chi connectivity index (χ4n) is 2.33. The highest BCUT2D eigenvalue weighted by Gasteiger charge is 2.31. The van der Waals surface area contributed by atoms with Crippen LogP contribution in [0.4, 0.5) is 0 Å². The first kappa shape index (κ1) is 22.0. The molecule has 27 heavy (non-hydrogen) atoms. The van der Waals surface area contributed by atoms with Crippen molar-refractivity contribution in [2.24, 2.45) is 0 Å². The first-order chi connectivity index (χ1) is 12.9. The topological polar surface area (TPSA) is 65.1 Å². The summed E-state index contributed by atoms with van der Waals surface area (Å²) in [6.07, 6.45) is 2.64. The lowest BCUT2D eigenvalue weighted by atomic mass is 10.2. The van der Waals surface area contributed by atoms with E-state index in [1.165, 1.54) is 18.9 Å². The number of methoxy groups -OCH3 is 1. The third-order valence-corrected chi connectivity index (χ3v) is 5.69. The van der Waals surface area contributed by atoms with Crippen LogP contribution in [-0.4, -0.2) is 48.0 Å². The Balaban J connectivity index is 2.31. The number of nitrogens with zero attached hydrogens (tertiary/aromatic N) is 1. The van der Waals surface area contributed by atoms with E-state index >= 15 is 0 Å². The summed E-state index contributed by atoms with van der Waals surface area (Å²) in [6, 6.07) is 3.65. The Bertz CT molecular complexity index is 781. The van der Waals surface area contributed by atoms with Gasteiger partial charge in [0, 0.05) is 6.54 Å². The monoisotopic (exact) mass is 521 g/mol. The molecule has 0 aliphatic carbocycles. The van der Waals surface area contributed by atoms with Gasteiger partial charge in [-0.1, -0.05) is 30.9 Å². The van der Waals surface area contributed by atoms with Crippen molar-refractivity contribution in [2.45, 2.75) is 20.3 Å². The van der Waals surface area contributed by atoms with Gasteiger partial charge >= 0.3 is 5.97 Å². The van der Waals surface area contributed by atoms with Gasteiger partial charge in [0.1, 0.15) is 4.32 Å². The average molecular weight is 521 g/mol. The lowest BCUT2D eigenvalue weighted by Gasteiger charge is -2.14. The number of rotatable bonds is 8. The zero-order chi connectivity index (χ0) is 20.0. The van der Waals surface area contributed by atoms with Gasteiger partial charge in [0.25, 0.3) is 5.91 Å². The Labute approximate surface area is 181 Å². The minimum atomic E-state index is -0.475. The summed E-state index contributed by atoms with van der Waals surface area (Å²) < 4.78 is 17.2. The number of hydrogen-bond acceptors (Lipinski definition) is 7. The van der Waals surface area contributed by atoms with Crippen molar-refractivity contribution in [3.63, 3.8) is 0 Å². The van der Waals surface area contributed by atoms with Crippen molar-refractivity contribution < 1.29 is 23.8 Å². The first-order valence-corrected chi connectivity index (χ1v) is 10.6. The van der Waals surface area contributed by atoms with Crippen LogP contribution in [0, 0.1) is 3.57 Å². The number of ether oxygens (including phenoxy) is 3. The fraction of sp³-hybridized carbons (Fsp3) is 0.389. The largest absolute Gasteiger partial charge is 0.490 e. The zero-order valence-electron chi connectivity index (χ0n) is 15.2. The molecule has 1 aliphatic heterocycles. The molecule has 0 N–H and O–H groups in total. The Kier molecular flexibility index (Phi) is 8.36. The lowest BCUT2D eigenvalue weighted by Crippen LogP contribution is -2.28. The van der Waals surface area contributed by atoms with Crippen LogP contribution in [0.1, 0.15) is 25.8 Å². The maximum absolute atomic E-state index is 12.5. The van der Waals surface area contributed by atoms with Crippen molar-refractivity contribution in [1.82, 2.24) is 4.90 Å². The van der Waals surface area contributed by atoms with Crippen LogP contribution in [-0.2, 0) is 14.3 Å². The number of hydrogen-bond donors (Lipinski definition) is 0.